The lowest BCUT2D eigenvalue weighted by molar-refractivity contribution is -0.528. The van der Waals surface area contributed by atoms with Gasteiger partial charge in [0, 0.05) is 17.8 Å². The van der Waals surface area contributed by atoms with Crippen molar-refractivity contribution in [3.8, 4) is 0 Å². The van der Waals surface area contributed by atoms with Crippen molar-refractivity contribution in [2.24, 2.45) is 23.7 Å². The molecule has 4 saturated carbocycles. The van der Waals surface area contributed by atoms with Crippen LogP contribution >= 0.6 is 0 Å². The second-order valence-electron chi connectivity index (χ2n) is 12.3. The van der Waals surface area contributed by atoms with E-state index in [-0.39, 0.29) is 68.2 Å². The van der Waals surface area contributed by atoms with Gasteiger partial charge in [-0.2, -0.15) is 0 Å². The van der Waals surface area contributed by atoms with E-state index in [0.717, 1.165) is 44.9 Å². The van der Waals surface area contributed by atoms with Gasteiger partial charge in [-0.3, -0.25) is 25.0 Å². The summed E-state index contributed by atoms with van der Waals surface area (Å²) in [5.74, 6) is -3.48. The van der Waals surface area contributed by atoms with Gasteiger partial charge < -0.3 is 19.7 Å². The van der Waals surface area contributed by atoms with Crippen molar-refractivity contribution in [3.05, 3.63) is 10.1 Å². The SMILES string of the molecule is O=C(O)C1CCC([N+](=O)[O-])CC1C(=O)OC1CCC(OC2CCC(OOCC3CC(O)CCC3COO)CC2)CC1. The Labute approximate surface area is 239 Å². The van der Waals surface area contributed by atoms with Crippen molar-refractivity contribution in [2.45, 2.75) is 126 Å². The van der Waals surface area contributed by atoms with Gasteiger partial charge in [-0.1, -0.05) is 0 Å². The summed E-state index contributed by atoms with van der Waals surface area (Å²) in [7, 11) is 0. The van der Waals surface area contributed by atoms with Crippen LogP contribution in [0.4, 0.5) is 0 Å². The molecule has 0 amide bonds. The Morgan fingerprint density at radius 1 is 0.756 bits per heavy atom. The number of aliphatic hydroxyl groups is 1. The number of ether oxygens (including phenoxy) is 2. The smallest absolute Gasteiger partial charge is 0.310 e. The number of nitro groups is 1. The van der Waals surface area contributed by atoms with Gasteiger partial charge in [0.2, 0.25) is 6.04 Å². The first kappa shape index (κ1) is 32.0. The maximum absolute atomic E-state index is 12.8. The number of hydrogen-bond donors (Lipinski definition) is 3. The predicted octanol–water partition coefficient (Wildman–Crippen LogP) is 3.53. The maximum atomic E-state index is 12.8. The van der Waals surface area contributed by atoms with Gasteiger partial charge in [0.25, 0.3) is 0 Å². The summed E-state index contributed by atoms with van der Waals surface area (Å²) in [4.78, 5) is 50.8. The predicted molar refractivity (Wildman–Crippen MR) is 141 cm³/mol. The molecule has 0 radical (unpaired) electrons. The summed E-state index contributed by atoms with van der Waals surface area (Å²) in [6.45, 7) is 0.576. The van der Waals surface area contributed by atoms with Crippen LogP contribution in [0.2, 0.25) is 0 Å². The molecule has 0 aromatic carbocycles. The molecule has 0 aliphatic heterocycles. The average Bonchev–Trinajstić information content (AvgIpc) is 2.96. The highest BCUT2D eigenvalue weighted by molar-refractivity contribution is 5.81. The zero-order valence-corrected chi connectivity index (χ0v) is 23.6. The van der Waals surface area contributed by atoms with E-state index in [2.05, 4.69) is 4.89 Å². The molecule has 3 N–H and O–H groups in total. The number of carboxylic acid groups (broad SMARTS) is 1. The fourth-order valence-corrected chi connectivity index (χ4v) is 7.01. The molecular weight excluding hydrogens is 542 g/mol. The van der Waals surface area contributed by atoms with Crippen LogP contribution in [-0.2, 0) is 33.7 Å². The highest BCUT2D eigenvalue weighted by Crippen LogP contribution is 2.35. The van der Waals surface area contributed by atoms with Crippen molar-refractivity contribution >= 4 is 11.9 Å². The standard InChI is InChI=1S/C28H45NO12/c30-20-3-1-17(15-37-36)18(13-20)16-38-41-24-10-8-22(9-11-24)39-21-4-6-23(7-5-21)40-28(33)26-14-19(29(34)35)2-12-25(26)27(31)32/h17-26,30,36H,1-16H2,(H,31,32). The molecule has 0 aromatic rings. The summed E-state index contributed by atoms with van der Waals surface area (Å²) in [5.41, 5.74) is 0. The largest absolute Gasteiger partial charge is 0.481 e. The van der Waals surface area contributed by atoms with Gasteiger partial charge in [-0.15, -0.1) is 0 Å². The van der Waals surface area contributed by atoms with E-state index in [1.165, 1.54) is 0 Å². The van der Waals surface area contributed by atoms with E-state index in [0.29, 0.717) is 32.3 Å². The maximum Gasteiger partial charge on any atom is 0.310 e. The first-order chi connectivity index (χ1) is 19.7. The van der Waals surface area contributed by atoms with Crippen LogP contribution in [0.3, 0.4) is 0 Å². The minimum Gasteiger partial charge on any atom is -0.481 e. The molecular formula is C28H45NO12. The molecule has 4 aliphatic rings. The average molecular weight is 588 g/mol. The summed E-state index contributed by atoms with van der Waals surface area (Å²) in [5, 5.41) is 39.5. The van der Waals surface area contributed by atoms with E-state index in [9.17, 15) is 29.9 Å². The highest BCUT2D eigenvalue weighted by atomic mass is 17.2. The molecule has 6 unspecified atom stereocenters. The van der Waals surface area contributed by atoms with Gasteiger partial charge in [-0.05, 0) is 88.9 Å². The molecule has 0 saturated heterocycles. The van der Waals surface area contributed by atoms with E-state index in [1.807, 2.05) is 0 Å². The van der Waals surface area contributed by atoms with E-state index >= 15 is 0 Å². The van der Waals surface area contributed by atoms with Gasteiger partial charge in [0.05, 0.1) is 49.5 Å². The van der Waals surface area contributed by atoms with Crippen LogP contribution in [0.1, 0.15) is 89.9 Å². The second-order valence-corrected chi connectivity index (χ2v) is 12.3. The van der Waals surface area contributed by atoms with Crippen molar-refractivity contribution in [3.63, 3.8) is 0 Å². The molecule has 41 heavy (non-hydrogen) atoms. The number of hydrogen-bond acceptors (Lipinski definition) is 11. The van der Waals surface area contributed by atoms with Crippen molar-refractivity contribution < 1.29 is 54.1 Å². The number of carbonyl (C=O) groups is 2. The van der Waals surface area contributed by atoms with Gasteiger partial charge in [0.1, 0.15) is 6.10 Å². The lowest BCUT2D eigenvalue weighted by Crippen LogP contribution is -2.42. The molecule has 4 rings (SSSR count). The molecule has 13 heteroatoms. The Bertz CT molecular complexity index is 857. The number of rotatable bonds is 12. The lowest BCUT2D eigenvalue weighted by atomic mass is 9.77. The number of carboxylic acids is 1. The topological polar surface area (TPSA) is 184 Å². The third kappa shape index (κ3) is 9.29. The van der Waals surface area contributed by atoms with Gasteiger partial charge >= 0.3 is 11.9 Å². The zero-order chi connectivity index (χ0) is 29.4. The Morgan fingerprint density at radius 3 is 2.00 bits per heavy atom. The van der Waals surface area contributed by atoms with Crippen molar-refractivity contribution in [1.29, 1.82) is 0 Å². The molecule has 6 atom stereocenters. The molecule has 4 aliphatic carbocycles. The number of esters is 1. The summed E-state index contributed by atoms with van der Waals surface area (Å²) in [6.07, 6.45) is 7.72. The zero-order valence-electron chi connectivity index (χ0n) is 23.6. The van der Waals surface area contributed by atoms with Crippen molar-refractivity contribution in [2.75, 3.05) is 13.2 Å². The number of nitrogens with zero attached hydrogens (tertiary/aromatic N) is 1. The minimum atomic E-state index is -1.11. The Morgan fingerprint density at radius 2 is 1.39 bits per heavy atom. The van der Waals surface area contributed by atoms with Crippen LogP contribution in [0.25, 0.3) is 0 Å². The molecule has 0 aromatic heterocycles. The van der Waals surface area contributed by atoms with Gasteiger partial charge in [-0.25, -0.2) is 14.7 Å². The molecule has 234 valence electrons. The summed E-state index contributed by atoms with van der Waals surface area (Å²) in [6, 6.07) is -0.912. The Kier molecular flexibility index (Phi) is 12.1. The Hall–Kier alpha value is -1.90. The van der Waals surface area contributed by atoms with E-state index in [1.54, 1.807) is 0 Å². The lowest BCUT2D eigenvalue weighted by Gasteiger charge is -2.35. The fraction of sp³-hybridized carbons (Fsp3) is 0.929. The van der Waals surface area contributed by atoms with Gasteiger partial charge in [0.15, 0.2) is 0 Å². The molecule has 4 fully saturated rings. The first-order valence-electron chi connectivity index (χ1n) is 15.2. The summed E-state index contributed by atoms with van der Waals surface area (Å²) < 4.78 is 12.0. The van der Waals surface area contributed by atoms with Crippen LogP contribution in [-0.4, -0.2) is 82.1 Å². The Balaban J connectivity index is 1.11. The summed E-state index contributed by atoms with van der Waals surface area (Å²) >= 11 is 0. The van der Waals surface area contributed by atoms with Crippen LogP contribution in [0, 0.1) is 33.8 Å². The fourth-order valence-electron chi connectivity index (χ4n) is 7.01. The first-order valence-corrected chi connectivity index (χ1v) is 15.2. The van der Waals surface area contributed by atoms with Crippen LogP contribution in [0.15, 0.2) is 0 Å². The number of carbonyl (C=O) groups excluding carboxylic acids is 1. The quantitative estimate of drug-likeness (QED) is 0.131. The van der Waals surface area contributed by atoms with Crippen LogP contribution < -0.4 is 0 Å². The van der Waals surface area contributed by atoms with Crippen LogP contribution in [0.5, 0.6) is 0 Å². The minimum absolute atomic E-state index is 0.0182. The van der Waals surface area contributed by atoms with Crippen molar-refractivity contribution in [1.82, 2.24) is 0 Å². The third-order valence-electron chi connectivity index (χ3n) is 9.54. The normalized spacial score (nSPS) is 38.2. The molecule has 0 heterocycles. The second kappa shape index (κ2) is 15.5. The van der Waals surface area contributed by atoms with E-state index in [4.69, 9.17) is 24.5 Å². The number of aliphatic hydroxyl groups excluding tert-OH is 1. The molecule has 0 bridgehead atoms. The highest BCUT2D eigenvalue weighted by Gasteiger charge is 2.45. The third-order valence-corrected chi connectivity index (χ3v) is 9.54. The number of aliphatic carboxylic acids is 1. The molecule has 13 nitrogen and oxygen atoms in total. The van der Waals surface area contributed by atoms with E-state index < -0.39 is 34.7 Å². The molecule has 0 spiro atoms. The monoisotopic (exact) mass is 587 g/mol.